The summed E-state index contributed by atoms with van der Waals surface area (Å²) >= 11 is 0. The van der Waals surface area contributed by atoms with Gasteiger partial charge in [-0.15, -0.1) is 0 Å². The van der Waals surface area contributed by atoms with E-state index in [1.807, 2.05) is 0 Å². The van der Waals surface area contributed by atoms with Crippen LogP contribution >= 0.6 is 0 Å². The second-order valence-corrected chi connectivity index (χ2v) is 4.09. The Morgan fingerprint density at radius 2 is 1.42 bits per heavy atom. The maximum absolute atomic E-state index is 13.3. The highest BCUT2D eigenvalue weighted by Crippen LogP contribution is 2.46. The van der Waals surface area contributed by atoms with Crippen molar-refractivity contribution in [3.8, 4) is 6.07 Å². The van der Waals surface area contributed by atoms with Crippen LogP contribution in [0, 0.1) is 45.8 Å². The number of nitriles is 1. The molecule has 0 saturated heterocycles. The third-order valence-electron chi connectivity index (χ3n) is 2.85. The van der Waals surface area contributed by atoms with E-state index in [0.29, 0.717) is 0 Å². The fourth-order valence-corrected chi connectivity index (χ4v) is 1.46. The van der Waals surface area contributed by atoms with Crippen LogP contribution in [0.15, 0.2) is 0 Å². The minimum absolute atomic E-state index is 0.171. The highest BCUT2D eigenvalue weighted by Gasteiger charge is 2.51. The fraction of sp³-hybridized carbons (Fsp3) is 0.273. The number of hydrogen-bond acceptors (Lipinski definition) is 2. The number of carbonyl (C=O) groups is 1. The number of hydrogen-bond donors (Lipinski definition) is 1. The Kier molecular flexibility index (Phi) is 2.92. The summed E-state index contributed by atoms with van der Waals surface area (Å²) in [6.07, 6.45) is 0.343. The Morgan fingerprint density at radius 3 is 1.79 bits per heavy atom. The van der Waals surface area contributed by atoms with Crippen LogP contribution in [0.5, 0.6) is 0 Å². The molecule has 1 aromatic carbocycles. The lowest BCUT2D eigenvalue weighted by Crippen LogP contribution is -2.25. The van der Waals surface area contributed by atoms with Gasteiger partial charge in [0, 0.05) is 0 Å². The van der Waals surface area contributed by atoms with Gasteiger partial charge in [0.2, 0.25) is 11.7 Å². The first-order valence-electron chi connectivity index (χ1n) is 5.08. The van der Waals surface area contributed by atoms with Gasteiger partial charge < -0.3 is 5.32 Å². The van der Waals surface area contributed by atoms with Crippen LogP contribution in [0.25, 0.3) is 0 Å². The summed E-state index contributed by atoms with van der Waals surface area (Å²) in [5.74, 6) is -12.0. The molecule has 1 amide bonds. The molecule has 0 atom stereocenters. The highest BCUT2D eigenvalue weighted by atomic mass is 19.2. The Bertz CT molecular complexity index is 589. The van der Waals surface area contributed by atoms with E-state index in [1.165, 1.54) is 0 Å². The number of nitrogens with one attached hydrogen (secondary N) is 1. The molecule has 1 N–H and O–H groups in total. The largest absolute Gasteiger partial charge is 0.320 e. The lowest BCUT2D eigenvalue weighted by Gasteiger charge is -2.11. The quantitative estimate of drug-likeness (QED) is 0.513. The molecular formula is C11H5F5N2O. The second-order valence-electron chi connectivity index (χ2n) is 4.09. The average Bonchev–Trinajstić information content (AvgIpc) is 3.20. The zero-order valence-electron chi connectivity index (χ0n) is 9.16. The van der Waals surface area contributed by atoms with Gasteiger partial charge in [0.1, 0.15) is 11.1 Å². The van der Waals surface area contributed by atoms with Crippen LogP contribution in [0.1, 0.15) is 12.8 Å². The van der Waals surface area contributed by atoms with E-state index in [-0.39, 0.29) is 12.8 Å². The summed E-state index contributed by atoms with van der Waals surface area (Å²) in [4.78, 5) is 11.5. The van der Waals surface area contributed by atoms with E-state index in [1.54, 1.807) is 11.4 Å². The number of nitrogens with zero attached hydrogens (tertiary/aromatic N) is 1. The third-order valence-corrected chi connectivity index (χ3v) is 2.85. The van der Waals surface area contributed by atoms with Gasteiger partial charge in [-0.2, -0.15) is 5.26 Å². The normalized spacial score (nSPS) is 15.8. The van der Waals surface area contributed by atoms with Crippen LogP contribution in [0.3, 0.4) is 0 Å². The van der Waals surface area contributed by atoms with E-state index in [9.17, 15) is 26.7 Å². The first-order chi connectivity index (χ1) is 8.84. The molecule has 1 fully saturated rings. The van der Waals surface area contributed by atoms with Crippen molar-refractivity contribution < 1.29 is 26.7 Å². The molecule has 1 aliphatic rings. The first kappa shape index (κ1) is 13.3. The summed E-state index contributed by atoms with van der Waals surface area (Å²) in [5, 5.41) is 10.3. The monoisotopic (exact) mass is 276 g/mol. The van der Waals surface area contributed by atoms with Gasteiger partial charge in [-0.3, -0.25) is 4.79 Å². The lowest BCUT2D eigenvalue weighted by molar-refractivity contribution is -0.119. The standard InChI is InChI=1S/C11H5F5N2O/c12-4-5(13)7(15)9(8(16)6(4)14)18-10(19)11(3-17)1-2-11/h1-2H2,(H,18,19). The molecule has 0 radical (unpaired) electrons. The Balaban J connectivity index is 2.42. The minimum Gasteiger partial charge on any atom is -0.320 e. The third kappa shape index (κ3) is 1.91. The molecule has 0 aromatic heterocycles. The van der Waals surface area contributed by atoms with Crippen molar-refractivity contribution in [3.63, 3.8) is 0 Å². The number of halogens is 5. The van der Waals surface area contributed by atoms with Crippen molar-refractivity contribution in [1.29, 1.82) is 5.26 Å². The van der Waals surface area contributed by atoms with Crippen molar-refractivity contribution in [2.75, 3.05) is 5.32 Å². The molecule has 1 saturated carbocycles. The van der Waals surface area contributed by atoms with Crippen LogP contribution in [-0.4, -0.2) is 5.91 Å². The number of carbonyl (C=O) groups excluding carboxylic acids is 1. The van der Waals surface area contributed by atoms with Gasteiger partial charge in [-0.1, -0.05) is 0 Å². The number of benzene rings is 1. The molecule has 0 unspecified atom stereocenters. The summed E-state index contributed by atoms with van der Waals surface area (Å²) in [6.45, 7) is 0. The highest BCUT2D eigenvalue weighted by molar-refractivity contribution is 5.99. The molecule has 2 rings (SSSR count). The smallest absolute Gasteiger partial charge is 0.245 e. The van der Waals surface area contributed by atoms with E-state index < -0.39 is 46.1 Å². The molecule has 100 valence electrons. The van der Waals surface area contributed by atoms with Crippen molar-refractivity contribution in [3.05, 3.63) is 29.1 Å². The zero-order valence-corrected chi connectivity index (χ0v) is 9.16. The Morgan fingerprint density at radius 1 is 1.00 bits per heavy atom. The van der Waals surface area contributed by atoms with Gasteiger partial charge in [-0.25, -0.2) is 22.0 Å². The van der Waals surface area contributed by atoms with Crippen LogP contribution < -0.4 is 5.32 Å². The minimum atomic E-state index is -2.31. The fourth-order valence-electron chi connectivity index (χ4n) is 1.46. The summed E-state index contributed by atoms with van der Waals surface area (Å²) in [5.41, 5.74) is -2.89. The second kappa shape index (κ2) is 4.19. The predicted molar refractivity (Wildman–Crippen MR) is 52.1 cm³/mol. The maximum atomic E-state index is 13.3. The van der Waals surface area contributed by atoms with Gasteiger partial charge in [-0.05, 0) is 12.8 Å². The van der Waals surface area contributed by atoms with Crippen molar-refractivity contribution in [1.82, 2.24) is 0 Å². The van der Waals surface area contributed by atoms with E-state index in [2.05, 4.69) is 0 Å². The molecule has 0 aliphatic heterocycles. The van der Waals surface area contributed by atoms with Gasteiger partial charge in [0.15, 0.2) is 23.3 Å². The van der Waals surface area contributed by atoms with Crippen molar-refractivity contribution in [2.24, 2.45) is 5.41 Å². The topological polar surface area (TPSA) is 52.9 Å². The SMILES string of the molecule is N#CC1(C(=O)Nc2c(F)c(F)c(F)c(F)c2F)CC1. The molecule has 0 heterocycles. The zero-order chi connectivity index (χ0) is 14.4. The molecule has 3 nitrogen and oxygen atoms in total. The van der Waals surface area contributed by atoms with Gasteiger partial charge >= 0.3 is 0 Å². The lowest BCUT2D eigenvalue weighted by atomic mass is 10.1. The summed E-state index contributed by atoms with van der Waals surface area (Å²) < 4.78 is 65.0. The molecule has 1 aliphatic carbocycles. The Labute approximate surface area is 103 Å². The van der Waals surface area contributed by atoms with Crippen molar-refractivity contribution >= 4 is 11.6 Å². The summed E-state index contributed by atoms with van der Waals surface area (Å²) in [7, 11) is 0. The molecule has 8 heteroatoms. The predicted octanol–water partition coefficient (Wildman–Crippen LogP) is 2.62. The maximum Gasteiger partial charge on any atom is 0.245 e. The molecule has 0 bridgehead atoms. The molecular weight excluding hydrogens is 271 g/mol. The summed E-state index contributed by atoms with van der Waals surface area (Å²) in [6, 6.07) is 1.63. The Hall–Kier alpha value is -2.17. The number of anilines is 1. The van der Waals surface area contributed by atoms with Crippen LogP contribution in [0.2, 0.25) is 0 Å². The molecule has 19 heavy (non-hydrogen) atoms. The number of amides is 1. The number of rotatable bonds is 2. The van der Waals surface area contributed by atoms with Crippen LogP contribution in [-0.2, 0) is 4.79 Å². The van der Waals surface area contributed by atoms with Crippen molar-refractivity contribution in [2.45, 2.75) is 12.8 Å². The van der Waals surface area contributed by atoms with E-state index >= 15 is 0 Å². The first-order valence-corrected chi connectivity index (χ1v) is 5.08. The van der Waals surface area contributed by atoms with E-state index in [4.69, 9.17) is 5.26 Å². The van der Waals surface area contributed by atoms with Gasteiger partial charge in [0.25, 0.3) is 0 Å². The molecule has 0 spiro atoms. The molecule has 1 aromatic rings. The van der Waals surface area contributed by atoms with Gasteiger partial charge in [0.05, 0.1) is 6.07 Å². The average molecular weight is 276 g/mol. The van der Waals surface area contributed by atoms with Crippen LogP contribution in [0.4, 0.5) is 27.6 Å². The van der Waals surface area contributed by atoms with E-state index in [0.717, 1.165) is 0 Å².